The van der Waals surface area contributed by atoms with E-state index in [1.165, 1.54) is 0 Å². The van der Waals surface area contributed by atoms with Crippen LogP contribution in [0.5, 0.6) is 0 Å². The molecule has 1 rings (SSSR count). The van der Waals surface area contributed by atoms with Crippen LogP contribution in [0.2, 0.25) is 0 Å². The van der Waals surface area contributed by atoms with Gasteiger partial charge in [-0.05, 0) is 30.0 Å². The zero-order valence-electron chi connectivity index (χ0n) is 9.56. The molecule has 0 aliphatic heterocycles. The van der Waals surface area contributed by atoms with Gasteiger partial charge in [0.2, 0.25) is 0 Å². The number of aliphatic carboxylic acids is 1. The number of hydrogen-bond donors (Lipinski definition) is 1. The molecule has 1 N–H and O–H groups in total. The van der Waals surface area contributed by atoms with Crippen LogP contribution in [0, 0.1) is 0 Å². The minimum Gasteiger partial charge on any atom is -0.504 e. The highest BCUT2D eigenvalue weighted by Gasteiger charge is 2.00. The van der Waals surface area contributed by atoms with Crippen LogP contribution in [0.1, 0.15) is 24.5 Å². The summed E-state index contributed by atoms with van der Waals surface area (Å²) in [7, 11) is 1.62. The maximum atomic E-state index is 10.4. The van der Waals surface area contributed by atoms with Crippen LogP contribution < -0.4 is 0 Å². The van der Waals surface area contributed by atoms with E-state index in [1.54, 1.807) is 13.4 Å². The lowest BCUT2D eigenvalue weighted by atomic mass is 10.0. The first kappa shape index (κ1) is 12.3. The van der Waals surface area contributed by atoms with Crippen LogP contribution in [0.25, 0.3) is 5.57 Å². The van der Waals surface area contributed by atoms with Gasteiger partial charge in [-0.2, -0.15) is 0 Å². The molecule has 0 bridgehead atoms. The van der Waals surface area contributed by atoms with Crippen LogP contribution >= 0.6 is 0 Å². The van der Waals surface area contributed by atoms with Gasteiger partial charge in [-0.3, -0.25) is 4.79 Å². The van der Waals surface area contributed by atoms with Crippen LogP contribution in [0.3, 0.4) is 0 Å². The molecular weight excluding hydrogens is 204 g/mol. The normalized spacial score (nSPS) is 11.2. The van der Waals surface area contributed by atoms with E-state index >= 15 is 0 Å². The fourth-order valence-electron chi connectivity index (χ4n) is 1.43. The van der Waals surface area contributed by atoms with Gasteiger partial charge in [0, 0.05) is 6.42 Å². The Morgan fingerprint density at radius 1 is 1.38 bits per heavy atom. The zero-order chi connectivity index (χ0) is 12.0. The van der Waals surface area contributed by atoms with Gasteiger partial charge in [0.05, 0.1) is 13.4 Å². The molecular formula is C13H16O3. The topological polar surface area (TPSA) is 46.5 Å². The molecule has 0 saturated carbocycles. The molecule has 0 atom stereocenters. The first-order valence-corrected chi connectivity index (χ1v) is 5.14. The summed E-state index contributed by atoms with van der Waals surface area (Å²) in [5, 5.41) is 8.56. The number of methoxy groups -OCH3 is 1. The molecule has 86 valence electrons. The largest absolute Gasteiger partial charge is 0.504 e. The van der Waals surface area contributed by atoms with E-state index in [1.807, 2.05) is 31.2 Å². The predicted octanol–water partition coefficient (Wildman–Crippen LogP) is 2.71. The van der Waals surface area contributed by atoms with Gasteiger partial charge in [-0.25, -0.2) is 0 Å². The second-order valence-corrected chi connectivity index (χ2v) is 3.63. The first-order chi connectivity index (χ1) is 7.63. The maximum Gasteiger partial charge on any atom is 0.303 e. The van der Waals surface area contributed by atoms with Crippen molar-refractivity contribution in [2.45, 2.75) is 19.8 Å². The van der Waals surface area contributed by atoms with Gasteiger partial charge >= 0.3 is 5.97 Å². The summed E-state index contributed by atoms with van der Waals surface area (Å²) in [6.07, 6.45) is 2.43. The zero-order valence-corrected chi connectivity index (χ0v) is 9.56. The first-order valence-electron chi connectivity index (χ1n) is 5.14. The van der Waals surface area contributed by atoms with Gasteiger partial charge in [-0.15, -0.1) is 0 Å². The molecule has 0 heterocycles. The number of aryl methyl sites for hydroxylation is 1. The number of rotatable bonds is 5. The summed E-state index contributed by atoms with van der Waals surface area (Å²) >= 11 is 0. The average molecular weight is 220 g/mol. The van der Waals surface area contributed by atoms with E-state index in [-0.39, 0.29) is 6.42 Å². The second kappa shape index (κ2) is 5.95. The number of carboxylic acids is 1. The monoisotopic (exact) mass is 220 g/mol. The SMILES string of the molecule is CO/C=C(\C)c1ccc(CCC(=O)O)cc1. The third kappa shape index (κ3) is 3.77. The third-order valence-corrected chi connectivity index (χ3v) is 2.33. The summed E-state index contributed by atoms with van der Waals surface area (Å²) in [5.41, 5.74) is 3.17. The lowest BCUT2D eigenvalue weighted by Gasteiger charge is -2.03. The number of benzene rings is 1. The average Bonchev–Trinajstić information content (AvgIpc) is 2.27. The van der Waals surface area contributed by atoms with E-state index < -0.39 is 5.97 Å². The van der Waals surface area contributed by atoms with E-state index in [9.17, 15) is 4.79 Å². The van der Waals surface area contributed by atoms with E-state index in [4.69, 9.17) is 9.84 Å². The number of carbonyl (C=O) groups is 1. The van der Waals surface area contributed by atoms with E-state index in [2.05, 4.69) is 0 Å². The lowest BCUT2D eigenvalue weighted by Crippen LogP contribution is -1.97. The summed E-state index contributed by atoms with van der Waals surface area (Å²) < 4.78 is 4.93. The van der Waals surface area contributed by atoms with Crippen molar-refractivity contribution in [1.29, 1.82) is 0 Å². The molecule has 0 fully saturated rings. The van der Waals surface area contributed by atoms with E-state index in [0.29, 0.717) is 6.42 Å². The molecule has 0 aliphatic rings. The smallest absolute Gasteiger partial charge is 0.303 e. The van der Waals surface area contributed by atoms with Crippen molar-refractivity contribution in [2.24, 2.45) is 0 Å². The van der Waals surface area contributed by atoms with Gasteiger partial charge < -0.3 is 9.84 Å². The number of carboxylic acid groups (broad SMARTS) is 1. The van der Waals surface area contributed by atoms with Gasteiger partial charge in [-0.1, -0.05) is 24.3 Å². The molecule has 1 aromatic carbocycles. The van der Waals surface area contributed by atoms with Crippen LogP contribution in [0.4, 0.5) is 0 Å². The molecule has 0 aromatic heterocycles. The van der Waals surface area contributed by atoms with Gasteiger partial charge in [0.1, 0.15) is 0 Å². The van der Waals surface area contributed by atoms with Crippen molar-refractivity contribution in [3.8, 4) is 0 Å². The highest BCUT2D eigenvalue weighted by Crippen LogP contribution is 2.15. The summed E-state index contributed by atoms with van der Waals surface area (Å²) in [5.74, 6) is -0.764. The number of hydrogen-bond acceptors (Lipinski definition) is 2. The maximum absolute atomic E-state index is 10.4. The van der Waals surface area contributed by atoms with Crippen LogP contribution in [0.15, 0.2) is 30.5 Å². The van der Waals surface area contributed by atoms with Crippen molar-refractivity contribution in [3.63, 3.8) is 0 Å². The highest BCUT2D eigenvalue weighted by atomic mass is 16.5. The summed E-state index contributed by atoms with van der Waals surface area (Å²) in [6.45, 7) is 1.97. The Kier molecular flexibility index (Phi) is 4.58. The predicted molar refractivity (Wildman–Crippen MR) is 63.1 cm³/mol. The molecule has 0 unspecified atom stereocenters. The Morgan fingerprint density at radius 3 is 2.50 bits per heavy atom. The molecule has 0 aliphatic carbocycles. The van der Waals surface area contributed by atoms with E-state index in [0.717, 1.165) is 16.7 Å². The van der Waals surface area contributed by atoms with Crippen LogP contribution in [-0.2, 0) is 16.0 Å². The fourth-order valence-corrected chi connectivity index (χ4v) is 1.43. The van der Waals surface area contributed by atoms with Gasteiger partial charge in [0.25, 0.3) is 0 Å². The minimum atomic E-state index is -0.764. The molecule has 16 heavy (non-hydrogen) atoms. The Hall–Kier alpha value is -1.77. The Labute approximate surface area is 95.4 Å². The van der Waals surface area contributed by atoms with Crippen molar-refractivity contribution in [1.82, 2.24) is 0 Å². The third-order valence-electron chi connectivity index (χ3n) is 2.33. The number of ether oxygens (including phenoxy) is 1. The molecule has 0 amide bonds. The molecule has 0 saturated heterocycles. The molecule has 3 heteroatoms. The molecule has 0 spiro atoms. The van der Waals surface area contributed by atoms with Crippen molar-refractivity contribution >= 4 is 11.5 Å². The minimum absolute atomic E-state index is 0.173. The van der Waals surface area contributed by atoms with Gasteiger partial charge in [0.15, 0.2) is 0 Å². The van der Waals surface area contributed by atoms with Crippen molar-refractivity contribution in [3.05, 3.63) is 41.7 Å². The molecule has 3 nitrogen and oxygen atoms in total. The van der Waals surface area contributed by atoms with Crippen molar-refractivity contribution in [2.75, 3.05) is 7.11 Å². The Morgan fingerprint density at radius 2 is 2.00 bits per heavy atom. The molecule has 1 aromatic rings. The Balaban J connectivity index is 2.67. The second-order valence-electron chi connectivity index (χ2n) is 3.63. The molecule has 0 radical (unpaired) electrons. The van der Waals surface area contributed by atoms with Crippen LogP contribution in [-0.4, -0.2) is 18.2 Å². The lowest BCUT2D eigenvalue weighted by molar-refractivity contribution is -0.136. The summed E-state index contributed by atoms with van der Waals surface area (Å²) in [4.78, 5) is 10.4. The standard InChI is InChI=1S/C13H16O3/c1-10(9-16-2)12-6-3-11(4-7-12)5-8-13(14)15/h3-4,6-7,9H,5,8H2,1-2H3,(H,14,15)/b10-9+. The van der Waals surface area contributed by atoms with Crippen molar-refractivity contribution < 1.29 is 14.6 Å². The Bertz CT molecular complexity index is 377. The quantitative estimate of drug-likeness (QED) is 0.776. The number of allylic oxidation sites excluding steroid dienone is 1. The highest BCUT2D eigenvalue weighted by molar-refractivity contribution is 5.67. The fraction of sp³-hybridized carbons (Fsp3) is 0.308. The summed E-state index contributed by atoms with van der Waals surface area (Å²) in [6, 6.07) is 7.85.